The van der Waals surface area contributed by atoms with Crippen molar-refractivity contribution in [3.05, 3.63) is 53.1 Å². The van der Waals surface area contributed by atoms with Gasteiger partial charge in [0.1, 0.15) is 23.0 Å². The number of aromatic carboxylic acids is 1. The Labute approximate surface area is 118 Å². The lowest BCUT2D eigenvalue weighted by Gasteiger charge is -2.03. The first kappa shape index (κ1) is 13.2. The summed E-state index contributed by atoms with van der Waals surface area (Å²) in [7, 11) is 0. The molecule has 0 atom stereocenters. The molecule has 0 saturated heterocycles. The summed E-state index contributed by atoms with van der Waals surface area (Å²) in [4.78, 5) is 18.0. The van der Waals surface area contributed by atoms with E-state index in [0.29, 0.717) is 5.52 Å². The van der Waals surface area contributed by atoms with Gasteiger partial charge >= 0.3 is 5.97 Å². The zero-order valence-electron chi connectivity index (χ0n) is 10.9. The molecule has 0 amide bonds. The molecule has 4 nitrogen and oxygen atoms in total. The van der Waals surface area contributed by atoms with Crippen molar-refractivity contribution in [1.82, 2.24) is 9.97 Å². The minimum absolute atomic E-state index is 0.0246. The monoisotopic (exact) mass is 288 g/mol. The quantitative estimate of drug-likeness (QED) is 0.758. The lowest BCUT2D eigenvalue weighted by Crippen LogP contribution is -1.97. The largest absolute Gasteiger partial charge is 0.478 e. The van der Waals surface area contributed by atoms with Gasteiger partial charge in [0.05, 0.1) is 16.6 Å². The van der Waals surface area contributed by atoms with E-state index in [2.05, 4.69) is 9.97 Å². The van der Waals surface area contributed by atoms with Crippen molar-refractivity contribution in [3.63, 3.8) is 0 Å². The molecule has 1 aromatic heterocycles. The number of aromatic amines is 1. The number of rotatable bonds is 2. The summed E-state index contributed by atoms with van der Waals surface area (Å²) < 4.78 is 28.0. The van der Waals surface area contributed by atoms with Crippen LogP contribution in [0.1, 0.15) is 15.9 Å². The van der Waals surface area contributed by atoms with Gasteiger partial charge in [0.15, 0.2) is 0 Å². The molecular weight excluding hydrogens is 278 g/mol. The SMILES string of the molecule is Cc1ccc(F)c(-c2nc3c(C(=O)O)cccc3[nH]2)c1F. The van der Waals surface area contributed by atoms with Crippen LogP contribution in [0.15, 0.2) is 30.3 Å². The number of hydrogen-bond donors (Lipinski definition) is 2. The Bertz CT molecular complexity index is 871. The summed E-state index contributed by atoms with van der Waals surface area (Å²) in [6.45, 7) is 1.52. The van der Waals surface area contributed by atoms with Crippen molar-refractivity contribution in [2.75, 3.05) is 0 Å². The second kappa shape index (κ2) is 4.66. The Morgan fingerprint density at radius 1 is 1.24 bits per heavy atom. The van der Waals surface area contributed by atoms with E-state index in [0.717, 1.165) is 6.07 Å². The third-order valence-electron chi connectivity index (χ3n) is 3.26. The molecule has 0 aliphatic heterocycles. The number of nitrogens with one attached hydrogen (secondary N) is 1. The van der Waals surface area contributed by atoms with Gasteiger partial charge in [-0.1, -0.05) is 12.1 Å². The molecule has 2 aromatic carbocycles. The van der Waals surface area contributed by atoms with E-state index in [1.165, 1.54) is 25.1 Å². The molecule has 0 aliphatic rings. The Kier molecular flexibility index (Phi) is 2.94. The molecule has 0 bridgehead atoms. The molecule has 3 rings (SSSR count). The third-order valence-corrected chi connectivity index (χ3v) is 3.26. The molecule has 2 N–H and O–H groups in total. The van der Waals surface area contributed by atoms with Crippen LogP contribution in [0.4, 0.5) is 8.78 Å². The highest BCUT2D eigenvalue weighted by Gasteiger charge is 2.19. The highest BCUT2D eigenvalue weighted by molar-refractivity contribution is 6.01. The summed E-state index contributed by atoms with van der Waals surface area (Å²) in [6.07, 6.45) is 0. The van der Waals surface area contributed by atoms with E-state index >= 15 is 0 Å². The normalized spacial score (nSPS) is 11.0. The lowest BCUT2D eigenvalue weighted by molar-refractivity contribution is 0.0699. The maximum absolute atomic E-state index is 14.1. The molecule has 1 heterocycles. The Morgan fingerprint density at radius 2 is 2.00 bits per heavy atom. The fourth-order valence-corrected chi connectivity index (χ4v) is 2.20. The van der Waals surface area contributed by atoms with Gasteiger partial charge in [-0.05, 0) is 30.7 Å². The Morgan fingerprint density at radius 3 is 2.71 bits per heavy atom. The number of halogens is 2. The first-order valence-corrected chi connectivity index (χ1v) is 6.16. The number of aryl methyl sites for hydroxylation is 1. The smallest absolute Gasteiger partial charge is 0.337 e. The minimum Gasteiger partial charge on any atom is -0.478 e. The fourth-order valence-electron chi connectivity index (χ4n) is 2.20. The predicted molar refractivity (Wildman–Crippen MR) is 73.1 cm³/mol. The summed E-state index contributed by atoms with van der Waals surface area (Å²) in [5.41, 5.74) is 0.543. The van der Waals surface area contributed by atoms with Crippen LogP contribution in [0.2, 0.25) is 0 Å². The molecule has 3 aromatic rings. The van der Waals surface area contributed by atoms with E-state index in [9.17, 15) is 13.6 Å². The van der Waals surface area contributed by atoms with Gasteiger partial charge in [-0.15, -0.1) is 0 Å². The highest BCUT2D eigenvalue weighted by atomic mass is 19.1. The van der Waals surface area contributed by atoms with Gasteiger partial charge < -0.3 is 10.1 Å². The number of aromatic nitrogens is 2. The van der Waals surface area contributed by atoms with Crippen LogP contribution in [-0.4, -0.2) is 21.0 Å². The summed E-state index contributed by atoms with van der Waals surface area (Å²) >= 11 is 0. The van der Waals surface area contributed by atoms with Crippen molar-refractivity contribution in [3.8, 4) is 11.4 Å². The van der Waals surface area contributed by atoms with Crippen LogP contribution in [0.5, 0.6) is 0 Å². The average Bonchev–Trinajstić information content (AvgIpc) is 2.86. The molecule has 0 radical (unpaired) electrons. The van der Waals surface area contributed by atoms with Gasteiger partial charge in [0, 0.05) is 0 Å². The molecule has 6 heteroatoms. The molecule has 106 valence electrons. The average molecular weight is 288 g/mol. The number of H-pyrrole nitrogens is 1. The Balaban J connectivity index is 2.30. The highest BCUT2D eigenvalue weighted by Crippen LogP contribution is 2.28. The number of imidazole rings is 1. The van der Waals surface area contributed by atoms with Crippen LogP contribution < -0.4 is 0 Å². The van der Waals surface area contributed by atoms with Crippen molar-refractivity contribution in [2.45, 2.75) is 6.92 Å². The summed E-state index contributed by atoms with van der Waals surface area (Å²) in [6, 6.07) is 7.01. The van der Waals surface area contributed by atoms with Crippen LogP contribution in [0, 0.1) is 18.6 Å². The van der Waals surface area contributed by atoms with E-state index in [4.69, 9.17) is 5.11 Å². The van der Waals surface area contributed by atoms with Crippen molar-refractivity contribution in [2.24, 2.45) is 0 Å². The first-order chi connectivity index (χ1) is 9.99. The van der Waals surface area contributed by atoms with Crippen molar-refractivity contribution >= 4 is 17.0 Å². The van der Waals surface area contributed by atoms with Crippen molar-refractivity contribution in [1.29, 1.82) is 0 Å². The fraction of sp³-hybridized carbons (Fsp3) is 0.0667. The molecule has 0 saturated carbocycles. The number of hydrogen-bond acceptors (Lipinski definition) is 2. The standard InChI is InChI=1S/C15H10F2N2O2/c1-7-5-6-9(16)11(12(7)17)14-18-10-4-2-3-8(15(20)21)13(10)19-14/h2-6H,1H3,(H,18,19)(H,20,21). The summed E-state index contributed by atoms with van der Waals surface area (Å²) in [5, 5.41) is 9.11. The van der Waals surface area contributed by atoms with E-state index < -0.39 is 17.6 Å². The molecule has 0 fully saturated rings. The molecule has 0 unspecified atom stereocenters. The van der Waals surface area contributed by atoms with E-state index in [1.54, 1.807) is 6.07 Å². The van der Waals surface area contributed by atoms with Crippen LogP contribution >= 0.6 is 0 Å². The van der Waals surface area contributed by atoms with Gasteiger partial charge in [0.2, 0.25) is 0 Å². The maximum atomic E-state index is 14.1. The number of fused-ring (bicyclic) bond motifs is 1. The number of benzene rings is 2. The molecule has 0 spiro atoms. The number of carboxylic acids is 1. The van der Waals surface area contributed by atoms with E-state index in [-0.39, 0.29) is 28.0 Å². The predicted octanol–water partition coefficient (Wildman–Crippen LogP) is 3.51. The number of carbonyl (C=O) groups is 1. The Hall–Kier alpha value is -2.76. The van der Waals surface area contributed by atoms with Gasteiger partial charge in [0.25, 0.3) is 0 Å². The number of carboxylic acid groups (broad SMARTS) is 1. The first-order valence-electron chi connectivity index (χ1n) is 6.16. The molecule has 21 heavy (non-hydrogen) atoms. The topological polar surface area (TPSA) is 66.0 Å². The zero-order valence-corrected chi connectivity index (χ0v) is 10.9. The van der Waals surface area contributed by atoms with Crippen LogP contribution in [-0.2, 0) is 0 Å². The van der Waals surface area contributed by atoms with Crippen molar-refractivity contribution < 1.29 is 18.7 Å². The number of para-hydroxylation sites is 1. The third kappa shape index (κ3) is 2.05. The molecular formula is C15H10F2N2O2. The second-order valence-corrected chi connectivity index (χ2v) is 4.65. The zero-order chi connectivity index (χ0) is 15.1. The van der Waals surface area contributed by atoms with Gasteiger partial charge in [-0.2, -0.15) is 0 Å². The van der Waals surface area contributed by atoms with Crippen LogP contribution in [0.25, 0.3) is 22.4 Å². The van der Waals surface area contributed by atoms with Gasteiger partial charge in [-0.25, -0.2) is 18.6 Å². The lowest BCUT2D eigenvalue weighted by atomic mass is 10.1. The maximum Gasteiger partial charge on any atom is 0.337 e. The molecule has 0 aliphatic carbocycles. The summed E-state index contributed by atoms with van der Waals surface area (Å²) in [5.74, 6) is -2.65. The van der Waals surface area contributed by atoms with E-state index in [1.807, 2.05) is 0 Å². The van der Waals surface area contributed by atoms with Crippen LogP contribution in [0.3, 0.4) is 0 Å². The van der Waals surface area contributed by atoms with Gasteiger partial charge in [-0.3, -0.25) is 0 Å². The second-order valence-electron chi connectivity index (χ2n) is 4.65. The minimum atomic E-state index is -1.15. The number of nitrogens with zero attached hydrogens (tertiary/aromatic N) is 1.